The predicted octanol–water partition coefficient (Wildman–Crippen LogP) is 1.62. The molecular weight excluding hydrogens is 316 g/mol. The van der Waals surface area contributed by atoms with Gasteiger partial charge in [-0.3, -0.25) is 0 Å². The van der Waals surface area contributed by atoms with E-state index in [9.17, 15) is 8.42 Å². The summed E-state index contributed by atoms with van der Waals surface area (Å²) in [4.78, 5) is 6.58. The van der Waals surface area contributed by atoms with Crippen LogP contribution in [0.15, 0.2) is 27.6 Å². The molecule has 0 amide bonds. The highest BCUT2D eigenvalue weighted by molar-refractivity contribution is 7.89. The predicted molar refractivity (Wildman–Crippen MR) is 85.5 cm³/mol. The van der Waals surface area contributed by atoms with Gasteiger partial charge in [-0.05, 0) is 37.0 Å². The molecule has 3 rings (SSSR count). The molecular formula is C15H20N4O3S. The van der Waals surface area contributed by atoms with E-state index in [1.807, 2.05) is 6.07 Å². The quantitative estimate of drug-likeness (QED) is 0.890. The Bertz CT molecular complexity index is 801. The normalized spacial score (nSPS) is 14.8. The summed E-state index contributed by atoms with van der Waals surface area (Å²) in [7, 11) is -3.71. The van der Waals surface area contributed by atoms with Crippen LogP contribution < -0.4 is 10.0 Å². The number of hydrogen-bond donors (Lipinski definition) is 1. The minimum absolute atomic E-state index is 0.128. The lowest BCUT2D eigenvalue weighted by Crippen LogP contribution is -2.29. The Morgan fingerprint density at radius 2 is 2.22 bits per heavy atom. The molecule has 0 saturated carbocycles. The molecule has 7 nitrogen and oxygen atoms in total. The Kier molecular flexibility index (Phi) is 4.36. The summed E-state index contributed by atoms with van der Waals surface area (Å²) in [6, 6.07) is 5.03. The van der Waals surface area contributed by atoms with Crippen molar-refractivity contribution in [3.63, 3.8) is 0 Å². The number of aryl methyl sites for hydroxylation is 2. The summed E-state index contributed by atoms with van der Waals surface area (Å²) in [5.41, 5.74) is 1.99. The molecule has 2 aromatic rings. The Morgan fingerprint density at radius 3 is 2.96 bits per heavy atom. The zero-order chi connectivity index (χ0) is 16.4. The third-order valence-corrected chi connectivity index (χ3v) is 4.82. The largest absolute Gasteiger partial charge is 0.364 e. The van der Waals surface area contributed by atoms with E-state index in [0.717, 1.165) is 43.5 Å². The SMILES string of the molecule is CCCc1nc(CN2CCCc3ccc(S(N)(=O)=O)cc32)no1. The minimum Gasteiger partial charge on any atom is -0.364 e. The van der Waals surface area contributed by atoms with Crippen LogP contribution in [-0.4, -0.2) is 25.1 Å². The Morgan fingerprint density at radius 1 is 1.39 bits per heavy atom. The van der Waals surface area contributed by atoms with E-state index < -0.39 is 10.0 Å². The summed E-state index contributed by atoms with van der Waals surface area (Å²) in [5, 5.41) is 9.24. The van der Waals surface area contributed by atoms with Gasteiger partial charge in [0, 0.05) is 18.7 Å². The molecule has 2 heterocycles. The fourth-order valence-electron chi connectivity index (χ4n) is 2.81. The average Bonchev–Trinajstić information content (AvgIpc) is 2.94. The van der Waals surface area contributed by atoms with Gasteiger partial charge < -0.3 is 9.42 Å². The molecule has 1 aromatic heterocycles. The third-order valence-electron chi connectivity index (χ3n) is 3.91. The van der Waals surface area contributed by atoms with E-state index in [4.69, 9.17) is 9.66 Å². The molecule has 2 N–H and O–H groups in total. The molecule has 0 fully saturated rings. The van der Waals surface area contributed by atoms with Gasteiger partial charge in [0.25, 0.3) is 0 Å². The van der Waals surface area contributed by atoms with Gasteiger partial charge in [-0.2, -0.15) is 4.98 Å². The van der Waals surface area contributed by atoms with E-state index in [-0.39, 0.29) is 4.90 Å². The smallest absolute Gasteiger partial charge is 0.238 e. The standard InChI is InChI=1S/C15H20N4O3S/c1-2-4-15-17-14(18-22-15)10-19-8-3-5-11-6-7-12(9-13(11)19)23(16,20)21/h6-7,9H,2-5,8,10H2,1H3,(H2,16,20,21). The molecule has 0 unspecified atom stereocenters. The van der Waals surface area contributed by atoms with Crippen molar-refractivity contribution in [2.75, 3.05) is 11.4 Å². The second-order valence-electron chi connectivity index (χ2n) is 5.71. The van der Waals surface area contributed by atoms with E-state index >= 15 is 0 Å². The lowest BCUT2D eigenvalue weighted by Gasteiger charge is -2.30. The average molecular weight is 336 g/mol. The molecule has 0 bridgehead atoms. The Balaban J connectivity index is 1.87. The summed E-state index contributed by atoms with van der Waals surface area (Å²) in [6.45, 7) is 3.37. The number of primary sulfonamides is 1. The van der Waals surface area contributed by atoms with E-state index in [1.165, 1.54) is 0 Å². The lowest BCUT2D eigenvalue weighted by molar-refractivity contribution is 0.371. The fourth-order valence-corrected chi connectivity index (χ4v) is 3.35. The highest BCUT2D eigenvalue weighted by atomic mass is 32.2. The first-order chi connectivity index (χ1) is 11.0. The molecule has 23 heavy (non-hydrogen) atoms. The first-order valence-corrected chi connectivity index (χ1v) is 9.24. The molecule has 8 heteroatoms. The number of sulfonamides is 1. The fraction of sp³-hybridized carbons (Fsp3) is 0.467. The van der Waals surface area contributed by atoms with Crippen molar-refractivity contribution < 1.29 is 12.9 Å². The van der Waals surface area contributed by atoms with Crippen molar-refractivity contribution in [2.45, 2.75) is 44.0 Å². The molecule has 0 aliphatic carbocycles. The van der Waals surface area contributed by atoms with Crippen molar-refractivity contribution >= 4 is 15.7 Å². The molecule has 0 saturated heterocycles. The lowest BCUT2D eigenvalue weighted by atomic mass is 10.0. The topological polar surface area (TPSA) is 102 Å². The molecule has 0 atom stereocenters. The van der Waals surface area contributed by atoms with Crippen molar-refractivity contribution in [1.29, 1.82) is 0 Å². The second-order valence-corrected chi connectivity index (χ2v) is 7.28. The van der Waals surface area contributed by atoms with Crippen LogP contribution in [0.2, 0.25) is 0 Å². The first kappa shape index (κ1) is 15.9. The molecule has 1 aliphatic rings. The molecule has 1 aliphatic heterocycles. The van der Waals surface area contributed by atoms with Gasteiger partial charge in [-0.1, -0.05) is 18.1 Å². The van der Waals surface area contributed by atoms with Crippen LogP contribution in [-0.2, 0) is 29.4 Å². The van der Waals surface area contributed by atoms with Gasteiger partial charge in [0.1, 0.15) is 0 Å². The first-order valence-electron chi connectivity index (χ1n) is 7.69. The number of nitrogens with zero attached hydrogens (tertiary/aromatic N) is 3. The van der Waals surface area contributed by atoms with Crippen molar-refractivity contribution in [3.8, 4) is 0 Å². The van der Waals surface area contributed by atoms with Crippen LogP contribution in [0.4, 0.5) is 5.69 Å². The molecule has 0 radical (unpaired) electrons. The Labute approximate surface area is 135 Å². The summed E-state index contributed by atoms with van der Waals surface area (Å²) in [6.07, 6.45) is 3.64. The summed E-state index contributed by atoms with van der Waals surface area (Å²) < 4.78 is 28.4. The monoisotopic (exact) mass is 336 g/mol. The van der Waals surface area contributed by atoms with Crippen LogP contribution >= 0.6 is 0 Å². The number of hydrogen-bond acceptors (Lipinski definition) is 6. The van der Waals surface area contributed by atoms with Crippen LogP contribution in [0.3, 0.4) is 0 Å². The maximum atomic E-state index is 11.6. The van der Waals surface area contributed by atoms with Gasteiger partial charge in [0.05, 0.1) is 11.4 Å². The van der Waals surface area contributed by atoms with Crippen molar-refractivity contribution in [2.24, 2.45) is 5.14 Å². The van der Waals surface area contributed by atoms with Gasteiger partial charge in [0.2, 0.25) is 15.9 Å². The number of aromatic nitrogens is 2. The summed E-state index contributed by atoms with van der Waals surface area (Å²) in [5.74, 6) is 1.25. The van der Waals surface area contributed by atoms with Crippen LogP contribution in [0.25, 0.3) is 0 Å². The molecule has 124 valence electrons. The van der Waals surface area contributed by atoms with Gasteiger partial charge in [-0.15, -0.1) is 0 Å². The number of anilines is 1. The minimum atomic E-state index is -3.71. The number of nitrogens with two attached hydrogens (primary N) is 1. The Hall–Kier alpha value is -1.93. The van der Waals surface area contributed by atoms with Gasteiger partial charge >= 0.3 is 0 Å². The maximum absolute atomic E-state index is 11.6. The zero-order valence-electron chi connectivity index (χ0n) is 13.0. The van der Waals surface area contributed by atoms with E-state index in [1.54, 1.807) is 12.1 Å². The molecule has 0 spiro atoms. The van der Waals surface area contributed by atoms with Crippen molar-refractivity contribution in [1.82, 2.24) is 10.1 Å². The van der Waals surface area contributed by atoms with Gasteiger partial charge in [-0.25, -0.2) is 13.6 Å². The molecule has 1 aromatic carbocycles. The number of fused-ring (bicyclic) bond motifs is 1. The highest BCUT2D eigenvalue weighted by Gasteiger charge is 2.21. The maximum Gasteiger partial charge on any atom is 0.238 e. The zero-order valence-corrected chi connectivity index (χ0v) is 13.8. The summed E-state index contributed by atoms with van der Waals surface area (Å²) >= 11 is 0. The van der Waals surface area contributed by atoms with Crippen LogP contribution in [0.1, 0.15) is 37.0 Å². The van der Waals surface area contributed by atoms with E-state index in [0.29, 0.717) is 18.3 Å². The van der Waals surface area contributed by atoms with Crippen LogP contribution in [0, 0.1) is 0 Å². The van der Waals surface area contributed by atoms with Crippen LogP contribution in [0.5, 0.6) is 0 Å². The highest BCUT2D eigenvalue weighted by Crippen LogP contribution is 2.30. The third kappa shape index (κ3) is 3.53. The van der Waals surface area contributed by atoms with Gasteiger partial charge in [0.15, 0.2) is 5.82 Å². The number of rotatable bonds is 5. The van der Waals surface area contributed by atoms with E-state index in [2.05, 4.69) is 22.0 Å². The van der Waals surface area contributed by atoms with Crippen molar-refractivity contribution in [3.05, 3.63) is 35.5 Å². The number of benzene rings is 1. The second kappa shape index (κ2) is 6.29.